The Morgan fingerprint density at radius 1 is 1.22 bits per heavy atom. The summed E-state index contributed by atoms with van der Waals surface area (Å²) in [6.07, 6.45) is 7.83. The van der Waals surface area contributed by atoms with Crippen molar-refractivity contribution in [2.75, 3.05) is 16.9 Å². The number of nitrogens with zero attached hydrogens (tertiary/aromatic N) is 1. The molecule has 0 atom stereocenters. The van der Waals surface area contributed by atoms with E-state index in [1.165, 1.54) is 30.6 Å². The van der Waals surface area contributed by atoms with E-state index in [4.69, 9.17) is 0 Å². The van der Waals surface area contributed by atoms with E-state index in [1.807, 2.05) is 30.5 Å². The summed E-state index contributed by atoms with van der Waals surface area (Å²) >= 11 is 2.96. The molecule has 0 radical (unpaired) electrons. The van der Waals surface area contributed by atoms with Crippen LogP contribution in [-0.4, -0.2) is 29.2 Å². The summed E-state index contributed by atoms with van der Waals surface area (Å²) in [5.41, 5.74) is 1.42. The molecule has 3 amide bonds. The fraction of sp³-hybridized carbons (Fsp3) is 0.421. The van der Waals surface area contributed by atoms with Crippen LogP contribution < -0.4 is 16.0 Å². The Balaban J connectivity index is 1.48. The zero-order valence-electron chi connectivity index (χ0n) is 15.3. The molecule has 27 heavy (non-hydrogen) atoms. The van der Waals surface area contributed by atoms with Crippen LogP contribution in [0.3, 0.4) is 0 Å². The van der Waals surface area contributed by atoms with Gasteiger partial charge in [-0.1, -0.05) is 25.3 Å². The number of carbonyl (C=O) groups is 2. The molecule has 1 aromatic heterocycles. The summed E-state index contributed by atoms with van der Waals surface area (Å²) in [5, 5.41) is 11.0. The minimum absolute atomic E-state index is 0.128. The first-order valence-electron chi connectivity index (χ1n) is 9.08. The van der Waals surface area contributed by atoms with Crippen LogP contribution in [0.25, 0.3) is 0 Å². The van der Waals surface area contributed by atoms with Crippen LogP contribution in [0.15, 0.2) is 34.5 Å². The molecule has 6 nitrogen and oxygen atoms in total. The van der Waals surface area contributed by atoms with Gasteiger partial charge in [-0.3, -0.25) is 10.1 Å². The van der Waals surface area contributed by atoms with Crippen LogP contribution in [-0.2, 0) is 11.2 Å². The highest BCUT2D eigenvalue weighted by atomic mass is 32.2. The lowest BCUT2D eigenvalue weighted by atomic mass is 9.96. The van der Waals surface area contributed by atoms with Crippen LogP contribution in [0.1, 0.15) is 37.8 Å². The number of thioether (sulfide) groups is 1. The Bertz CT molecular complexity index is 788. The molecule has 8 heteroatoms. The third-order valence-electron chi connectivity index (χ3n) is 4.41. The van der Waals surface area contributed by atoms with E-state index in [0.717, 1.165) is 23.4 Å². The van der Waals surface area contributed by atoms with Gasteiger partial charge in [-0.15, -0.1) is 23.1 Å². The zero-order valence-corrected chi connectivity index (χ0v) is 16.9. The van der Waals surface area contributed by atoms with Gasteiger partial charge in [0.2, 0.25) is 5.91 Å². The second kappa shape index (κ2) is 9.75. The third kappa shape index (κ3) is 6.25. The van der Waals surface area contributed by atoms with E-state index in [1.54, 1.807) is 17.1 Å². The van der Waals surface area contributed by atoms with Crippen molar-refractivity contribution in [2.45, 2.75) is 49.5 Å². The summed E-state index contributed by atoms with van der Waals surface area (Å²) in [6.45, 7) is 0. The topological polar surface area (TPSA) is 83.1 Å². The number of carbonyl (C=O) groups excluding carboxylic acids is 2. The van der Waals surface area contributed by atoms with Gasteiger partial charge in [-0.05, 0) is 37.3 Å². The van der Waals surface area contributed by atoms with Crippen LogP contribution in [0.4, 0.5) is 15.6 Å². The first-order valence-corrected chi connectivity index (χ1v) is 11.2. The fourth-order valence-electron chi connectivity index (χ4n) is 3.08. The van der Waals surface area contributed by atoms with Gasteiger partial charge >= 0.3 is 6.03 Å². The van der Waals surface area contributed by atoms with Gasteiger partial charge in [0.15, 0.2) is 5.13 Å². The molecule has 2 aromatic rings. The molecule has 0 aliphatic heterocycles. The van der Waals surface area contributed by atoms with Crippen molar-refractivity contribution < 1.29 is 9.59 Å². The Morgan fingerprint density at radius 2 is 2.04 bits per heavy atom. The molecule has 0 unspecified atom stereocenters. The predicted molar refractivity (Wildman–Crippen MR) is 112 cm³/mol. The second-order valence-electron chi connectivity index (χ2n) is 6.53. The average Bonchev–Trinajstić information content (AvgIpc) is 3.09. The first kappa shape index (κ1) is 19.7. The molecule has 144 valence electrons. The molecule has 3 rings (SSSR count). The summed E-state index contributed by atoms with van der Waals surface area (Å²) < 4.78 is 0. The minimum Gasteiger partial charge on any atom is -0.335 e. The normalized spacial score (nSPS) is 14.6. The molecular weight excluding hydrogens is 380 g/mol. The maximum atomic E-state index is 12.2. The highest BCUT2D eigenvalue weighted by Crippen LogP contribution is 2.21. The van der Waals surface area contributed by atoms with Gasteiger partial charge in [0.1, 0.15) is 0 Å². The van der Waals surface area contributed by atoms with E-state index >= 15 is 0 Å². The third-order valence-corrected chi connectivity index (χ3v) is 5.94. The summed E-state index contributed by atoms with van der Waals surface area (Å²) in [5.74, 6) is -0.128. The number of urea groups is 1. The van der Waals surface area contributed by atoms with E-state index in [-0.39, 0.29) is 24.4 Å². The quantitative estimate of drug-likeness (QED) is 0.619. The van der Waals surface area contributed by atoms with Crippen molar-refractivity contribution in [1.29, 1.82) is 0 Å². The summed E-state index contributed by atoms with van der Waals surface area (Å²) in [4.78, 5) is 29.7. The number of hydrogen-bond acceptors (Lipinski definition) is 5. The number of hydrogen-bond donors (Lipinski definition) is 3. The Morgan fingerprint density at radius 3 is 2.81 bits per heavy atom. The summed E-state index contributed by atoms with van der Waals surface area (Å²) in [7, 11) is 0. The molecule has 1 saturated carbocycles. The second-order valence-corrected chi connectivity index (χ2v) is 8.27. The molecule has 1 aliphatic carbocycles. The van der Waals surface area contributed by atoms with Gasteiger partial charge in [-0.2, -0.15) is 0 Å². The number of amides is 3. The van der Waals surface area contributed by atoms with Gasteiger partial charge in [0.05, 0.1) is 12.1 Å². The SMILES string of the molecule is CSc1cccc(NC(=O)Cc2csc(NC(=O)NC3CCCCC3)n2)c1. The largest absolute Gasteiger partial charge is 0.335 e. The lowest BCUT2D eigenvalue weighted by Crippen LogP contribution is -2.39. The summed E-state index contributed by atoms with van der Waals surface area (Å²) in [6, 6.07) is 7.74. The van der Waals surface area contributed by atoms with Crippen LogP contribution >= 0.6 is 23.1 Å². The lowest BCUT2D eigenvalue weighted by molar-refractivity contribution is -0.115. The average molecular weight is 405 g/mol. The van der Waals surface area contributed by atoms with Gasteiger partial charge in [0, 0.05) is 22.0 Å². The first-order chi connectivity index (χ1) is 13.1. The molecule has 1 aromatic carbocycles. The smallest absolute Gasteiger partial charge is 0.321 e. The fourth-order valence-corrected chi connectivity index (χ4v) is 4.25. The maximum Gasteiger partial charge on any atom is 0.321 e. The predicted octanol–water partition coefficient (Wildman–Crippen LogP) is 4.50. The van der Waals surface area contributed by atoms with E-state index < -0.39 is 0 Å². The van der Waals surface area contributed by atoms with Gasteiger partial charge in [-0.25, -0.2) is 9.78 Å². The number of thiazole rings is 1. The lowest BCUT2D eigenvalue weighted by Gasteiger charge is -2.22. The Labute approximate surface area is 167 Å². The number of aromatic nitrogens is 1. The van der Waals surface area contributed by atoms with Crippen LogP contribution in [0.2, 0.25) is 0 Å². The number of rotatable bonds is 6. The zero-order chi connectivity index (χ0) is 19.1. The molecule has 1 aliphatic rings. The molecule has 0 bridgehead atoms. The highest BCUT2D eigenvalue weighted by molar-refractivity contribution is 7.98. The molecule has 1 fully saturated rings. The monoisotopic (exact) mass is 404 g/mol. The molecule has 0 spiro atoms. The van der Waals surface area contributed by atoms with Gasteiger partial charge in [0.25, 0.3) is 0 Å². The van der Waals surface area contributed by atoms with Crippen molar-refractivity contribution >= 4 is 45.9 Å². The molecule has 0 saturated heterocycles. The van der Waals surface area contributed by atoms with Crippen molar-refractivity contribution in [3.8, 4) is 0 Å². The Hall–Kier alpha value is -2.06. The van der Waals surface area contributed by atoms with Crippen LogP contribution in [0.5, 0.6) is 0 Å². The van der Waals surface area contributed by atoms with Gasteiger partial charge < -0.3 is 10.6 Å². The van der Waals surface area contributed by atoms with E-state index in [0.29, 0.717) is 10.8 Å². The van der Waals surface area contributed by atoms with E-state index in [2.05, 4.69) is 20.9 Å². The van der Waals surface area contributed by atoms with Crippen molar-refractivity contribution in [3.05, 3.63) is 35.3 Å². The van der Waals surface area contributed by atoms with Crippen molar-refractivity contribution in [2.24, 2.45) is 0 Å². The molecule has 3 N–H and O–H groups in total. The number of benzene rings is 1. The standard InChI is InChI=1S/C19H24N4O2S2/c1-26-16-9-5-8-14(10-16)20-17(24)11-15-12-27-19(22-15)23-18(25)21-13-6-3-2-4-7-13/h5,8-10,12-13H,2-4,6-7,11H2,1H3,(H,20,24)(H2,21,22,23,25). The van der Waals surface area contributed by atoms with E-state index in [9.17, 15) is 9.59 Å². The van der Waals surface area contributed by atoms with Crippen molar-refractivity contribution in [1.82, 2.24) is 10.3 Å². The Kier molecular flexibility index (Phi) is 7.11. The molecule has 1 heterocycles. The maximum absolute atomic E-state index is 12.2. The van der Waals surface area contributed by atoms with Crippen LogP contribution in [0, 0.1) is 0 Å². The van der Waals surface area contributed by atoms with Crippen molar-refractivity contribution in [3.63, 3.8) is 0 Å². The molecular formula is C19H24N4O2S2. The number of nitrogens with one attached hydrogen (secondary N) is 3. The number of anilines is 2. The highest BCUT2D eigenvalue weighted by Gasteiger charge is 2.16. The minimum atomic E-state index is -0.221.